The number of rotatable bonds is 5. The number of halogens is 2. The van der Waals surface area contributed by atoms with Crippen molar-refractivity contribution in [3.63, 3.8) is 0 Å². The summed E-state index contributed by atoms with van der Waals surface area (Å²) in [4.78, 5) is 24.3. The molecule has 5 nitrogen and oxygen atoms in total. The Bertz CT molecular complexity index is 1000. The van der Waals surface area contributed by atoms with Crippen molar-refractivity contribution in [1.82, 2.24) is 15.1 Å². The van der Waals surface area contributed by atoms with Crippen molar-refractivity contribution in [2.75, 3.05) is 0 Å². The van der Waals surface area contributed by atoms with E-state index < -0.39 is 11.7 Å². The summed E-state index contributed by atoms with van der Waals surface area (Å²) in [5, 5.41) is 7.34. The van der Waals surface area contributed by atoms with Gasteiger partial charge in [0.05, 0.1) is 6.54 Å². The Balaban J connectivity index is 1.75. The zero-order valence-corrected chi connectivity index (χ0v) is 14.4. The van der Waals surface area contributed by atoms with Crippen LogP contribution in [0.15, 0.2) is 65.5 Å². The predicted molar refractivity (Wildman–Crippen MR) is 96.6 cm³/mol. The molecule has 0 aliphatic rings. The molecule has 1 N–H and O–H groups in total. The molecular formula is C19H15ClFN3O2. The van der Waals surface area contributed by atoms with E-state index in [0.717, 1.165) is 10.2 Å². The Morgan fingerprint density at radius 3 is 2.69 bits per heavy atom. The highest BCUT2D eigenvalue weighted by molar-refractivity contribution is 6.31. The molecule has 0 spiro atoms. The molecule has 7 heteroatoms. The topological polar surface area (TPSA) is 64.0 Å². The van der Waals surface area contributed by atoms with Gasteiger partial charge >= 0.3 is 0 Å². The molecule has 1 heterocycles. The second-order valence-corrected chi connectivity index (χ2v) is 6.03. The van der Waals surface area contributed by atoms with Crippen LogP contribution in [-0.4, -0.2) is 15.7 Å². The van der Waals surface area contributed by atoms with E-state index in [-0.39, 0.29) is 24.3 Å². The van der Waals surface area contributed by atoms with E-state index in [9.17, 15) is 14.0 Å². The van der Waals surface area contributed by atoms with Gasteiger partial charge in [-0.3, -0.25) is 9.59 Å². The van der Waals surface area contributed by atoms with E-state index >= 15 is 0 Å². The number of hydrogen-bond donors (Lipinski definition) is 1. The fourth-order valence-electron chi connectivity index (χ4n) is 2.40. The first-order chi connectivity index (χ1) is 12.5. The molecule has 1 aromatic heterocycles. The van der Waals surface area contributed by atoms with Crippen molar-refractivity contribution in [3.8, 4) is 0 Å². The lowest BCUT2D eigenvalue weighted by Crippen LogP contribution is -2.29. The molecule has 1 amide bonds. The predicted octanol–water partition coefficient (Wildman–Crippen LogP) is 3.01. The van der Waals surface area contributed by atoms with Gasteiger partial charge in [-0.1, -0.05) is 41.9 Å². The number of carbonyl (C=O) groups is 1. The lowest BCUT2D eigenvalue weighted by atomic mass is 10.2. The van der Waals surface area contributed by atoms with Crippen LogP contribution in [0, 0.1) is 5.82 Å². The fraction of sp³-hybridized carbons (Fsp3) is 0.105. The smallest absolute Gasteiger partial charge is 0.271 e. The average molecular weight is 372 g/mol. The van der Waals surface area contributed by atoms with Crippen molar-refractivity contribution >= 4 is 17.5 Å². The Morgan fingerprint density at radius 1 is 1.12 bits per heavy atom. The largest absolute Gasteiger partial charge is 0.347 e. The van der Waals surface area contributed by atoms with Crippen LogP contribution in [0.2, 0.25) is 5.02 Å². The Labute approximate surface area is 154 Å². The summed E-state index contributed by atoms with van der Waals surface area (Å²) in [6.07, 6.45) is 0. The molecule has 26 heavy (non-hydrogen) atoms. The van der Waals surface area contributed by atoms with Crippen molar-refractivity contribution in [2.45, 2.75) is 13.1 Å². The first-order valence-corrected chi connectivity index (χ1v) is 8.25. The molecule has 3 aromatic rings. The summed E-state index contributed by atoms with van der Waals surface area (Å²) in [5.74, 6) is -0.831. The molecular weight excluding hydrogens is 357 g/mol. The summed E-state index contributed by atoms with van der Waals surface area (Å²) in [7, 11) is 0. The van der Waals surface area contributed by atoms with Gasteiger partial charge in [0.15, 0.2) is 0 Å². The highest BCUT2D eigenvalue weighted by atomic mass is 35.5. The monoisotopic (exact) mass is 371 g/mol. The van der Waals surface area contributed by atoms with Crippen molar-refractivity contribution in [2.24, 2.45) is 0 Å². The number of benzene rings is 2. The molecule has 0 saturated carbocycles. The summed E-state index contributed by atoms with van der Waals surface area (Å²) >= 11 is 6.06. The molecule has 0 unspecified atom stereocenters. The summed E-state index contributed by atoms with van der Waals surface area (Å²) in [6.45, 7) is 0.311. The molecule has 0 aliphatic heterocycles. The van der Waals surface area contributed by atoms with Gasteiger partial charge in [0.1, 0.15) is 11.5 Å². The maximum atomic E-state index is 13.3. The van der Waals surface area contributed by atoms with E-state index in [1.807, 2.05) is 6.07 Å². The SMILES string of the molecule is O=C(NCc1ccccc1Cl)c1ccc(=O)n(Cc2cccc(F)c2)n1. The van der Waals surface area contributed by atoms with Crippen molar-refractivity contribution in [3.05, 3.63) is 98.7 Å². The summed E-state index contributed by atoms with van der Waals surface area (Å²) in [5.41, 5.74) is 1.06. The molecule has 0 bridgehead atoms. The van der Waals surface area contributed by atoms with Gasteiger partial charge < -0.3 is 5.32 Å². The fourth-order valence-corrected chi connectivity index (χ4v) is 2.60. The number of amides is 1. The molecule has 132 valence electrons. The third-order valence-corrected chi connectivity index (χ3v) is 4.09. The molecule has 0 atom stereocenters. The first-order valence-electron chi connectivity index (χ1n) is 7.87. The maximum absolute atomic E-state index is 13.3. The molecule has 0 aliphatic carbocycles. The zero-order valence-electron chi connectivity index (χ0n) is 13.7. The van der Waals surface area contributed by atoms with Crippen molar-refractivity contribution < 1.29 is 9.18 Å². The summed E-state index contributed by atoms with van der Waals surface area (Å²) in [6, 6.07) is 15.7. The van der Waals surface area contributed by atoms with Crippen LogP contribution >= 0.6 is 11.6 Å². The highest BCUT2D eigenvalue weighted by Gasteiger charge is 2.11. The normalized spacial score (nSPS) is 10.5. The van der Waals surface area contributed by atoms with E-state index in [2.05, 4.69) is 10.4 Å². The number of carbonyl (C=O) groups excluding carboxylic acids is 1. The Morgan fingerprint density at radius 2 is 1.92 bits per heavy atom. The van der Waals surface area contributed by atoms with Gasteiger partial charge in [-0.05, 0) is 35.4 Å². The molecule has 3 rings (SSSR count). The van der Waals surface area contributed by atoms with Crippen LogP contribution in [0.4, 0.5) is 4.39 Å². The van der Waals surface area contributed by atoms with E-state index in [0.29, 0.717) is 10.6 Å². The molecule has 2 aromatic carbocycles. The number of nitrogens with zero attached hydrogens (tertiary/aromatic N) is 2. The second kappa shape index (κ2) is 7.93. The highest BCUT2D eigenvalue weighted by Crippen LogP contribution is 2.14. The minimum absolute atomic E-state index is 0.0717. The quantitative estimate of drug-likeness (QED) is 0.749. The number of hydrogen-bond acceptors (Lipinski definition) is 3. The molecule has 0 fully saturated rings. The molecule has 0 saturated heterocycles. The van der Waals surface area contributed by atoms with Crippen LogP contribution in [0.1, 0.15) is 21.6 Å². The lowest BCUT2D eigenvalue weighted by molar-refractivity contribution is 0.0943. The van der Waals surface area contributed by atoms with Gasteiger partial charge in [-0.2, -0.15) is 5.10 Å². The van der Waals surface area contributed by atoms with Crippen LogP contribution in [0.3, 0.4) is 0 Å². The van der Waals surface area contributed by atoms with Gasteiger partial charge in [0.25, 0.3) is 11.5 Å². The van der Waals surface area contributed by atoms with Gasteiger partial charge in [0, 0.05) is 17.6 Å². The van der Waals surface area contributed by atoms with E-state index in [1.54, 1.807) is 30.3 Å². The average Bonchev–Trinajstić information content (AvgIpc) is 2.63. The zero-order chi connectivity index (χ0) is 18.5. The van der Waals surface area contributed by atoms with Crippen LogP contribution in [0.5, 0.6) is 0 Å². The standard InChI is InChI=1S/C19H15ClFN3O2/c20-16-7-2-1-5-14(16)11-22-19(26)17-8-9-18(25)24(23-17)12-13-4-3-6-15(21)10-13/h1-10H,11-12H2,(H,22,26). The van der Waals surface area contributed by atoms with Gasteiger partial charge in [0.2, 0.25) is 0 Å². The Kier molecular flexibility index (Phi) is 5.43. The van der Waals surface area contributed by atoms with E-state index in [1.165, 1.54) is 24.3 Å². The van der Waals surface area contributed by atoms with E-state index in [4.69, 9.17) is 11.6 Å². The Hall–Kier alpha value is -2.99. The first kappa shape index (κ1) is 17.8. The van der Waals surface area contributed by atoms with Gasteiger partial charge in [-0.25, -0.2) is 9.07 Å². The van der Waals surface area contributed by atoms with Gasteiger partial charge in [-0.15, -0.1) is 0 Å². The third-order valence-electron chi connectivity index (χ3n) is 3.72. The second-order valence-electron chi connectivity index (χ2n) is 5.62. The van der Waals surface area contributed by atoms with Crippen molar-refractivity contribution in [1.29, 1.82) is 0 Å². The molecule has 0 radical (unpaired) electrons. The minimum atomic E-state index is -0.432. The lowest BCUT2D eigenvalue weighted by Gasteiger charge is -2.09. The minimum Gasteiger partial charge on any atom is -0.347 e. The van der Waals surface area contributed by atoms with Crippen LogP contribution < -0.4 is 10.9 Å². The maximum Gasteiger partial charge on any atom is 0.271 e. The van der Waals surface area contributed by atoms with Crippen LogP contribution in [0.25, 0.3) is 0 Å². The summed E-state index contributed by atoms with van der Waals surface area (Å²) < 4.78 is 14.4. The third kappa shape index (κ3) is 4.34. The number of nitrogens with one attached hydrogen (secondary N) is 1. The van der Waals surface area contributed by atoms with Crippen LogP contribution in [-0.2, 0) is 13.1 Å². The number of aromatic nitrogens is 2.